The number of nitrogens with zero attached hydrogens (tertiary/aromatic N) is 1. The van der Waals surface area contributed by atoms with Gasteiger partial charge in [-0.05, 0) is 51.7 Å². The first-order chi connectivity index (χ1) is 7.65. The van der Waals surface area contributed by atoms with E-state index in [1.807, 2.05) is 0 Å². The van der Waals surface area contributed by atoms with Crippen LogP contribution in [0, 0.1) is 5.92 Å². The van der Waals surface area contributed by atoms with Crippen LogP contribution < -0.4 is 5.32 Å². The topological polar surface area (TPSA) is 15.3 Å². The van der Waals surface area contributed by atoms with E-state index >= 15 is 0 Å². The molecule has 96 valence electrons. The minimum atomic E-state index is 0.747. The van der Waals surface area contributed by atoms with Crippen LogP contribution in [0.1, 0.15) is 52.9 Å². The summed E-state index contributed by atoms with van der Waals surface area (Å²) < 4.78 is 0. The molecule has 0 saturated heterocycles. The maximum atomic E-state index is 3.71. The second-order valence-corrected chi connectivity index (χ2v) is 5.72. The van der Waals surface area contributed by atoms with Crippen molar-refractivity contribution in [3.8, 4) is 0 Å². The Morgan fingerprint density at radius 2 is 2.06 bits per heavy atom. The molecule has 0 amide bonds. The van der Waals surface area contributed by atoms with E-state index < -0.39 is 0 Å². The molecule has 16 heavy (non-hydrogen) atoms. The van der Waals surface area contributed by atoms with Crippen molar-refractivity contribution in [2.45, 2.75) is 65.0 Å². The number of nitrogens with one attached hydrogen (secondary N) is 1. The molecule has 0 radical (unpaired) electrons. The predicted molar refractivity (Wildman–Crippen MR) is 71.8 cm³/mol. The van der Waals surface area contributed by atoms with Gasteiger partial charge in [0.2, 0.25) is 0 Å². The van der Waals surface area contributed by atoms with Crippen molar-refractivity contribution in [2.24, 2.45) is 5.92 Å². The SMILES string of the molecule is CCCNC1CCCC1N(C)CCC(C)C. The molecule has 2 atom stereocenters. The Kier molecular flexibility index (Phi) is 6.37. The molecule has 0 aromatic rings. The van der Waals surface area contributed by atoms with E-state index in [-0.39, 0.29) is 0 Å². The van der Waals surface area contributed by atoms with Gasteiger partial charge in [-0.2, -0.15) is 0 Å². The zero-order valence-corrected chi connectivity index (χ0v) is 11.6. The van der Waals surface area contributed by atoms with Crippen LogP contribution in [0.25, 0.3) is 0 Å². The van der Waals surface area contributed by atoms with Gasteiger partial charge in [0.05, 0.1) is 0 Å². The Labute approximate surface area is 102 Å². The molecule has 0 aromatic carbocycles. The lowest BCUT2D eigenvalue weighted by Crippen LogP contribution is -2.45. The lowest BCUT2D eigenvalue weighted by atomic mass is 10.1. The van der Waals surface area contributed by atoms with Gasteiger partial charge in [-0.15, -0.1) is 0 Å². The Morgan fingerprint density at radius 3 is 2.69 bits per heavy atom. The van der Waals surface area contributed by atoms with Gasteiger partial charge in [0, 0.05) is 12.1 Å². The lowest BCUT2D eigenvalue weighted by Gasteiger charge is -2.30. The molecule has 0 aromatic heterocycles. The molecule has 1 aliphatic rings. The van der Waals surface area contributed by atoms with E-state index in [2.05, 4.69) is 38.0 Å². The number of hydrogen-bond acceptors (Lipinski definition) is 2. The predicted octanol–water partition coefficient (Wildman–Crippen LogP) is 2.89. The molecule has 1 aliphatic carbocycles. The molecular weight excluding hydrogens is 196 g/mol. The molecule has 0 heterocycles. The highest BCUT2D eigenvalue weighted by molar-refractivity contribution is 4.89. The van der Waals surface area contributed by atoms with Gasteiger partial charge in [-0.25, -0.2) is 0 Å². The summed E-state index contributed by atoms with van der Waals surface area (Å²) in [7, 11) is 2.30. The van der Waals surface area contributed by atoms with E-state index in [0.29, 0.717) is 0 Å². The van der Waals surface area contributed by atoms with Crippen molar-refractivity contribution in [3.63, 3.8) is 0 Å². The van der Waals surface area contributed by atoms with E-state index in [4.69, 9.17) is 0 Å². The normalized spacial score (nSPS) is 25.9. The number of likely N-dealkylation sites (N-methyl/N-ethyl adjacent to an activating group) is 1. The molecule has 0 aliphatic heterocycles. The maximum Gasteiger partial charge on any atom is 0.0246 e. The molecular formula is C14H30N2. The Morgan fingerprint density at radius 1 is 1.31 bits per heavy atom. The second kappa shape index (κ2) is 7.29. The van der Waals surface area contributed by atoms with Gasteiger partial charge in [-0.3, -0.25) is 0 Å². The zero-order valence-electron chi connectivity index (χ0n) is 11.6. The summed E-state index contributed by atoms with van der Waals surface area (Å²) in [5.74, 6) is 0.825. The third kappa shape index (κ3) is 4.42. The quantitative estimate of drug-likeness (QED) is 0.718. The number of rotatable bonds is 7. The van der Waals surface area contributed by atoms with Crippen LogP contribution in [-0.2, 0) is 0 Å². The molecule has 1 rings (SSSR count). The highest BCUT2D eigenvalue weighted by Gasteiger charge is 2.29. The summed E-state index contributed by atoms with van der Waals surface area (Å²) >= 11 is 0. The molecule has 2 nitrogen and oxygen atoms in total. The minimum Gasteiger partial charge on any atom is -0.312 e. The van der Waals surface area contributed by atoms with E-state index in [1.165, 1.54) is 45.2 Å². The first kappa shape index (κ1) is 14.0. The fraction of sp³-hybridized carbons (Fsp3) is 1.00. The van der Waals surface area contributed by atoms with Gasteiger partial charge in [-0.1, -0.05) is 27.2 Å². The molecule has 2 heteroatoms. The summed E-state index contributed by atoms with van der Waals surface area (Å²) in [4.78, 5) is 2.58. The third-order valence-electron chi connectivity index (χ3n) is 3.76. The molecule has 2 unspecified atom stereocenters. The molecule has 0 bridgehead atoms. The van der Waals surface area contributed by atoms with Gasteiger partial charge in [0.1, 0.15) is 0 Å². The largest absolute Gasteiger partial charge is 0.312 e. The third-order valence-corrected chi connectivity index (χ3v) is 3.76. The standard InChI is InChI=1S/C14H30N2/c1-5-10-15-13-7-6-8-14(13)16(4)11-9-12(2)3/h12-15H,5-11H2,1-4H3. The van der Waals surface area contributed by atoms with Crippen LogP contribution >= 0.6 is 0 Å². The first-order valence-corrected chi connectivity index (χ1v) is 7.08. The van der Waals surface area contributed by atoms with E-state index in [1.54, 1.807) is 0 Å². The second-order valence-electron chi connectivity index (χ2n) is 5.72. The Hall–Kier alpha value is -0.0800. The van der Waals surface area contributed by atoms with Gasteiger partial charge >= 0.3 is 0 Å². The number of hydrogen-bond donors (Lipinski definition) is 1. The highest BCUT2D eigenvalue weighted by Crippen LogP contribution is 2.23. The Balaban J connectivity index is 2.31. The van der Waals surface area contributed by atoms with Crippen LogP contribution in [0.4, 0.5) is 0 Å². The molecule has 1 saturated carbocycles. The average Bonchev–Trinajstić information content (AvgIpc) is 2.71. The van der Waals surface area contributed by atoms with Crippen molar-refractivity contribution in [3.05, 3.63) is 0 Å². The molecule has 0 spiro atoms. The van der Waals surface area contributed by atoms with Crippen LogP contribution in [0.3, 0.4) is 0 Å². The average molecular weight is 226 g/mol. The fourth-order valence-electron chi connectivity index (χ4n) is 2.66. The summed E-state index contributed by atoms with van der Waals surface area (Å²) in [5.41, 5.74) is 0. The van der Waals surface area contributed by atoms with Crippen molar-refractivity contribution in [1.82, 2.24) is 10.2 Å². The summed E-state index contributed by atoms with van der Waals surface area (Å²) in [5, 5.41) is 3.71. The van der Waals surface area contributed by atoms with Crippen molar-refractivity contribution < 1.29 is 0 Å². The van der Waals surface area contributed by atoms with Crippen LogP contribution in [0.5, 0.6) is 0 Å². The highest BCUT2D eigenvalue weighted by atomic mass is 15.2. The van der Waals surface area contributed by atoms with Gasteiger partial charge in [0.15, 0.2) is 0 Å². The smallest absolute Gasteiger partial charge is 0.0246 e. The zero-order chi connectivity index (χ0) is 12.0. The van der Waals surface area contributed by atoms with Crippen molar-refractivity contribution in [2.75, 3.05) is 20.1 Å². The lowest BCUT2D eigenvalue weighted by molar-refractivity contribution is 0.201. The van der Waals surface area contributed by atoms with Gasteiger partial charge < -0.3 is 10.2 Å². The molecule has 1 N–H and O–H groups in total. The van der Waals surface area contributed by atoms with Crippen LogP contribution in [0.15, 0.2) is 0 Å². The first-order valence-electron chi connectivity index (χ1n) is 7.08. The van der Waals surface area contributed by atoms with E-state index in [9.17, 15) is 0 Å². The summed E-state index contributed by atoms with van der Waals surface area (Å²) in [6.45, 7) is 9.32. The van der Waals surface area contributed by atoms with Crippen LogP contribution in [-0.4, -0.2) is 37.1 Å². The summed E-state index contributed by atoms with van der Waals surface area (Å²) in [6, 6.07) is 1.53. The monoisotopic (exact) mass is 226 g/mol. The summed E-state index contributed by atoms with van der Waals surface area (Å²) in [6.07, 6.45) is 6.73. The minimum absolute atomic E-state index is 0.747. The fourth-order valence-corrected chi connectivity index (χ4v) is 2.66. The van der Waals surface area contributed by atoms with Crippen molar-refractivity contribution in [1.29, 1.82) is 0 Å². The molecule has 1 fully saturated rings. The Bertz CT molecular complexity index is 180. The van der Waals surface area contributed by atoms with Gasteiger partial charge in [0.25, 0.3) is 0 Å². The van der Waals surface area contributed by atoms with Crippen LogP contribution in [0.2, 0.25) is 0 Å². The van der Waals surface area contributed by atoms with E-state index in [0.717, 1.165) is 18.0 Å². The maximum absolute atomic E-state index is 3.71. The van der Waals surface area contributed by atoms with Crippen molar-refractivity contribution >= 4 is 0 Å².